The quantitative estimate of drug-likeness (QED) is 0.714. The molecule has 4 rings (SSSR count). The number of hydrogen-bond donors (Lipinski definition) is 1. The van der Waals surface area contributed by atoms with Crippen molar-refractivity contribution in [1.29, 1.82) is 0 Å². The minimum atomic E-state index is -0.348. The first-order chi connectivity index (χ1) is 14.1. The molecule has 9 nitrogen and oxygen atoms in total. The van der Waals surface area contributed by atoms with Crippen LogP contribution in [0.3, 0.4) is 0 Å². The number of aryl methyl sites for hydroxylation is 1. The van der Waals surface area contributed by atoms with Crippen molar-refractivity contribution in [2.75, 3.05) is 36.5 Å². The summed E-state index contributed by atoms with van der Waals surface area (Å²) in [4.78, 5) is 34.9. The number of anilines is 2. The van der Waals surface area contributed by atoms with Gasteiger partial charge in [-0.1, -0.05) is 18.2 Å². The van der Waals surface area contributed by atoms with Gasteiger partial charge in [-0.3, -0.25) is 9.59 Å². The van der Waals surface area contributed by atoms with Crippen molar-refractivity contribution in [3.8, 4) is 11.3 Å². The van der Waals surface area contributed by atoms with E-state index in [0.717, 1.165) is 13.1 Å². The molecule has 1 N–H and O–H groups in total. The van der Waals surface area contributed by atoms with Gasteiger partial charge in [0.1, 0.15) is 17.8 Å². The summed E-state index contributed by atoms with van der Waals surface area (Å²) in [7, 11) is 1.58. The molecule has 148 valence electrons. The fourth-order valence-corrected chi connectivity index (χ4v) is 3.08. The summed E-state index contributed by atoms with van der Waals surface area (Å²) < 4.78 is 6.61. The Hall–Kier alpha value is -3.59. The Balaban J connectivity index is 1.59. The van der Waals surface area contributed by atoms with Gasteiger partial charge in [0.2, 0.25) is 0 Å². The van der Waals surface area contributed by atoms with Gasteiger partial charge in [0, 0.05) is 37.8 Å². The molecule has 1 aromatic carbocycles. The van der Waals surface area contributed by atoms with Gasteiger partial charge in [-0.15, -0.1) is 0 Å². The molecule has 29 heavy (non-hydrogen) atoms. The first-order valence-corrected chi connectivity index (χ1v) is 9.22. The molecule has 0 spiro atoms. The van der Waals surface area contributed by atoms with E-state index in [9.17, 15) is 9.59 Å². The highest BCUT2D eigenvalue weighted by Gasteiger charge is 2.17. The Bertz CT molecular complexity index is 1090. The van der Waals surface area contributed by atoms with Gasteiger partial charge in [-0.05, 0) is 12.1 Å². The molecule has 1 aliphatic heterocycles. The Morgan fingerprint density at radius 2 is 1.90 bits per heavy atom. The van der Waals surface area contributed by atoms with Gasteiger partial charge in [0.15, 0.2) is 0 Å². The molecular formula is C20H20N6O3. The summed E-state index contributed by atoms with van der Waals surface area (Å²) in [5.74, 6) is 0.348. The zero-order valence-corrected chi connectivity index (χ0v) is 15.9. The number of ether oxygens (including phenoxy) is 1. The molecule has 1 aliphatic rings. The van der Waals surface area contributed by atoms with E-state index < -0.39 is 0 Å². The lowest BCUT2D eigenvalue weighted by atomic mass is 10.1. The van der Waals surface area contributed by atoms with Crippen molar-refractivity contribution < 1.29 is 9.53 Å². The van der Waals surface area contributed by atoms with Crippen LogP contribution in [0.15, 0.2) is 53.6 Å². The minimum Gasteiger partial charge on any atom is -0.378 e. The van der Waals surface area contributed by atoms with E-state index in [4.69, 9.17) is 4.74 Å². The molecule has 1 fully saturated rings. The van der Waals surface area contributed by atoms with Crippen LogP contribution in [0.4, 0.5) is 11.5 Å². The monoisotopic (exact) mass is 392 g/mol. The van der Waals surface area contributed by atoms with Gasteiger partial charge >= 0.3 is 0 Å². The SMILES string of the molecule is Cn1nc(-c2ccccc2NC(=O)c2cc(N3CCOCC3)ncn2)ccc1=O. The van der Waals surface area contributed by atoms with Crippen molar-refractivity contribution in [3.63, 3.8) is 0 Å². The van der Waals surface area contributed by atoms with Crippen LogP contribution in [0.2, 0.25) is 0 Å². The Morgan fingerprint density at radius 3 is 2.69 bits per heavy atom. The average molecular weight is 392 g/mol. The van der Waals surface area contributed by atoms with Crippen molar-refractivity contribution in [2.45, 2.75) is 0 Å². The van der Waals surface area contributed by atoms with Crippen molar-refractivity contribution in [3.05, 3.63) is 64.8 Å². The summed E-state index contributed by atoms with van der Waals surface area (Å²) in [6.07, 6.45) is 1.39. The third-order valence-corrected chi connectivity index (χ3v) is 4.63. The normalized spacial score (nSPS) is 13.9. The number of rotatable bonds is 4. The number of aromatic nitrogens is 4. The first-order valence-electron chi connectivity index (χ1n) is 9.22. The maximum Gasteiger partial charge on any atom is 0.274 e. The number of carbonyl (C=O) groups is 1. The smallest absolute Gasteiger partial charge is 0.274 e. The number of amides is 1. The Morgan fingerprint density at radius 1 is 1.10 bits per heavy atom. The van der Waals surface area contributed by atoms with Crippen molar-refractivity contribution in [1.82, 2.24) is 19.7 Å². The maximum atomic E-state index is 12.8. The topological polar surface area (TPSA) is 102 Å². The number of carbonyl (C=O) groups excluding carboxylic acids is 1. The van der Waals surface area contributed by atoms with Gasteiger partial charge < -0.3 is 15.0 Å². The number of benzene rings is 1. The number of nitrogens with one attached hydrogen (secondary N) is 1. The van der Waals surface area contributed by atoms with Crippen LogP contribution in [-0.2, 0) is 11.8 Å². The summed E-state index contributed by atoms with van der Waals surface area (Å²) in [6, 6.07) is 12.0. The third-order valence-electron chi connectivity index (χ3n) is 4.63. The van der Waals surface area contributed by atoms with Crippen LogP contribution in [0.25, 0.3) is 11.3 Å². The van der Waals surface area contributed by atoms with Gasteiger partial charge in [-0.25, -0.2) is 14.6 Å². The van der Waals surface area contributed by atoms with Crippen LogP contribution in [0.1, 0.15) is 10.5 Å². The number of morpholine rings is 1. The highest BCUT2D eigenvalue weighted by molar-refractivity contribution is 6.05. The van der Waals surface area contributed by atoms with E-state index in [0.29, 0.717) is 36.0 Å². The average Bonchev–Trinajstić information content (AvgIpc) is 2.77. The molecule has 1 saturated heterocycles. The summed E-state index contributed by atoms with van der Waals surface area (Å²) in [5, 5.41) is 7.16. The van der Waals surface area contributed by atoms with Crippen LogP contribution < -0.4 is 15.8 Å². The van der Waals surface area contributed by atoms with E-state index in [1.165, 1.54) is 17.1 Å². The Kier molecular flexibility index (Phi) is 5.30. The fourth-order valence-electron chi connectivity index (χ4n) is 3.08. The summed E-state index contributed by atoms with van der Waals surface area (Å²) >= 11 is 0. The highest BCUT2D eigenvalue weighted by atomic mass is 16.5. The molecule has 2 aromatic heterocycles. The first kappa shape index (κ1) is 18.8. The van der Waals surface area contributed by atoms with E-state index >= 15 is 0 Å². The summed E-state index contributed by atoms with van der Waals surface area (Å²) in [5.41, 5.74) is 1.94. The standard InChI is InChI=1S/C20H20N6O3/c1-25-19(27)7-6-16(24-25)14-4-2-3-5-15(14)23-20(28)17-12-18(22-13-21-17)26-8-10-29-11-9-26/h2-7,12-13H,8-11H2,1H3,(H,23,28). The maximum absolute atomic E-state index is 12.8. The molecule has 3 aromatic rings. The minimum absolute atomic E-state index is 0.202. The molecule has 9 heteroatoms. The zero-order chi connectivity index (χ0) is 20.2. The lowest BCUT2D eigenvalue weighted by molar-refractivity contribution is 0.102. The molecule has 0 bridgehead atoms. The fraction of sp³-hybridized carbons (Fsp3) is 0.250. The third kappa shape index (κ3) is 4.14. The molecule has 0 atom stereocenters. The van der Waals surface area contributed by atoms with Crippen molar-refractivity contribution >= 4 is 17.4 Å². The second kappa shape index (κ2) is 8.19. The highest BCUT2D eigenvalue weighted by Crippen LogP contribution is 2.26. The van der Waals surface area contributed by atoms with Gasteiger partial charge in [-0.2, -0.15) is 5.10 Å². The molecule has 0 saturated carbocycles. The molecule has 0 aliphatic carbocycles. The molecule has 1 amide bonds. The van der Waals surface area contributed by atoms with Gasteiger partial charge in [0.25, 0.3) is 11.5 Å². The number of hydrogen-bond acceptors (Lipinski definition) is 7. The van der Waals surface area contributed by atoms with Crippen LogP contribution in [0.5, 0.6) is 0 Å². The largest absolute Gasteiger partial charge is 0.378 e. The number of para-hydroxylation sites is 1. The van der Waals surface area contributed by atoms with Crippen LogP contribution in [-0.4, -0.2) is 52.0 Å². The second-order valence-electron chi connectivity index (χ2n) is 6.54. The predicted octanol–water partition coefficient (Wildman–Crippen LogP) is 1.33. The molecule has 0 radical (unpaired) electrons. The van der Waals surface area contributed by atoms with Crippen molar-refractivity contribution in [2.24, 2.45) is 7.05 Å². The summed E-state index contributed by atoms with van der Waals surface area (Å²) in [6.45, 7) is 2.70. The van der Waals surface area contributed by atoms with E-state index in [-0.39, 0.29) is 17.2 Å². The van der Waals surface area contributed by atoms with E-state index in [1.807, 2.05) is 18.2 Å². The molecule has 3 heterocycles. The van der Waals surface area contributed by atoms with E-state index in [1.54, 1.807) is 25.2 Å². The predicted molar refractivity (Wildman–Crippen MR) is 108 cm³/mol. The Labute approximate surface area is 167 Å². The van der Waals surface area contributed by atoms with Crippen LogP contribution >= 0.6 is 0 Å². The van der Waals surface area contributed by atoms with Crippen LogP contribution in [0, 0.1) is 0 Å². The molecular weight excluding hydrogens is 372 g/mol. The lowest BCUT2D eigenvalue weighted by Gasteiger charge is -2.27. The number of nitrogens with zero attached hydrogens (tertiary/aromatic N) is 5. The zero-order valence-electron chi connectivity index (χ0n) is 15.9. The van der Waals surface area contributed by atoms with Gasteiger partial charge in [0.05, 0.1) is 24.6 Å². The lowest BCUT2D eigenvalue weighted by Crippen LogP contribution is -2.37. The van der Waals surface area contributed by atoms with E-state index in [2.05, 4.69) is 25.3 Å². The molecule has 0 unspecified atom stereocenters. The second-order valence-corrected chi connectivity index (χ2v) is 6.54.